The standard InChI is InChI=1S/C34H29Cl3N6O3S2/c1-34(2,3)19-5-11-24-28(15-19)47-32(29(24)31(44)39-22-9-6-20(35)7-10-22)38-17-18-4-13-27(26(14-18)43(45)46)48-33-40-30(41-42-33)23-12-8-21(36)16-25(23)37/h4,6-10,12-14,16-17,19H,5,11,15H2,1-3H3,(H,39,44)(H,40,41,42)/t19-/m0/s1. The molecule has 14 heteroatoms. The number of hydrogen-bond donors (Lipinski definition) is 2. The number of halogens is 3. The van der Waals surface area contributed by atoms with Crippen LogP contribution >= 0.6 is 57.9 Å². The van der Waals surface area contributed by atoms with Gasteiger partial charge in [-0.25, -0.2) is 9.98 Å². The second kappa shape index (κ2) is 14.0. The van der Waals surface area contributed by atoms with E-state index in [1.165, 1.54) is 17.4 Å². The molecular weight excluding hydrogens is 711 g/mol. The van der Waals surface area contributed by atoms with Crippen molar-refractivity contribution in [3.63, 3.8) is 0 Å². The number of thiophene rings is 1. The average molecular weight is 740 g/mol. The van der Waals surface area contributed by atoms with Crippen LogP contribution in [-0.4, -0.2) is 32.2 Å². The van der Waals surface area contributed by atoms with Crippen molar-refractivity contribution < 1.29 is 9.72 Å². The molecule has 246 valence electrons. The highest BCUT2D eigenvalue weighted by atomic mass is 35.5. The largest absolute Gasteiger partial charge is 0.322 e. The SMILES string of the molecule is CC(C)(C)[C@H]1CCc2c(sc(N=Cc3ccc(Sc4n[nH]c(-c5ccc(Cl)cc5Cl)n4)c([N+](=O)[O-])c3)c2C(=O)Nc2ccc(Cl)cc2)C1. The Morgan fingerprint density at radius 2 is 1.85 bits per heavy atom. The zero-order chi connectivity index (χ0) is 34.2. The van der Waals surface area contributed by atoms with E-state index in [4.69, 9.17) is 39.8 Å². The second-order valence-electron chi connectivity index (χ2n) is 12.4. The van der Waals surface area contributed by atoms with Gasteiger partial charge in [0.1, 0.15) is 5.00 Å². The van der Waals surface area contributed by atoms with Crippen molar-refractivity contribution in [1.82, 2.24) is 15.2 Å². The summed E-state index contributed by atoms with van der Waals surface area (Å²) in [6, 6.07) is 16.8. The van der Waals surface area contributed by atoms with E-state index in [0.717, 1.165) is 41.5 Å². The molecule has 0 bridgehead atoms. The molecular formula is C34H29Cl3N6O3S2. The molecule has 1 aliphatic carbocycles. The number of hydrogen-bond acceptors (Lipinski definition) is 8. The fourth-order valence-corrected chi connectivity index (χ4v) is 8.22. The second-order valence-corrected chi connectivity index (χ2v) is 15.8. The van der Waals surface area contributed by atoms with Crippen LogP contribution < -0.4 is 5.32 Å². The van der Waals surface area contributed by atoms with Gasteiger partial charge in [0.05, 0.1) is 20.4 Å². The van der Waals surface area contributed by atoms with Gasteiger partial charge in [0.2, 0.25) is 5.16 Å². The van der Waals surface area contributed by atoms with Gasteiger partial charge in [-0.1, -0.05) is 61.6 Å². The first kappa shape index (κ1) is 34.1. The lowest BCUT2D eigenvalue weighted by Crippen LogP contribution is -2.27. The average Bonchev–Trinajstić information content (AvgIpc) is 3.65. The molecule has 1 aliphatic rings. The van der Waals surface area contributed by atoms with E-state index in [0.29, 0.717) is 59.1 Å². The molecule has 0 aliphatic heterocycles. The van der Waals surface area contributed by atoms with Gasteiger partial charge in [-0.2, -0.15) is 0 Å². The third-order valence-corrected chi connectivity index (χ3v) is 11.1. The number of aromatic amines is 1. The minimum absolute atomic E-state index is 0.126. The minimum Gasteiger partial charge on any atom is -0.322 e. The molecule has 0 fully saturated rings. The Hall–Kier alpha value is -3.74. The minimum atomic E-state index is -0.454. The Balaban J connectivity index is 1.28. The summed E-state index contributed by atoms with van der Waals surface area (Å²) in [4.78, 5) is 36.1. The summed E-state index contributed by atoms with van der Waals surface area (Å²) < 4.78 is 0. The van der Waals surface area contributed by atoms with E-state index in [2.05, 4.69) is 41.3 Å². The van der Waals surface area contributed by atoms with Crippen molar-refractivity contribution >= 4 is 86.4 Å². The first-order valence-corrected chi connectivity index (χ1v) is 17.7. The number of H-pyrrole nitrogens is 1. The maximum atomic E-state index is 13.7. The molecule has 9 nitrogen and oxygen atoms in total. The fraction of sp³-hybridized carbons (Fsp3) is 0.235. The number of nitrogens with one attached hydrogen (secondary N) is 2. The molecule has 48 heavy (non-hydrogen) atoms. The number of carbonyl (C=O) groups excluding carboxylic acids is 1. The van der Waals surface area contributed by atoms with Gasteiger partial charge in [-0.3, -0.25) is 20.0 Å². The number of nitrogens with zero attached hydrogens (tertiary/aromatic N) is 4. The molecule has 1 atom stereocenters. The van der Waals surface area contributed by atoms with Gasteiger partial charge in [0.25, 0.3) is 11.6 Å². The predicted octanol–water partition coefficient (Wildman–Crippen LogP) is 10.7. The lowest BCUT2D eigenvalue weighted by Gasteiger charge is -2.33. The van der Waals surface area contributed by atoms with Gasteiger partial charge in [-0.05, 0) is 102 Å². The van der Waals surface area contributed by atoms with Crippen LogP contribution in [0.2, 0.25) is 15.1 Å². The summed E-state index contributed by atoms with van der Waals surface area (Å²) in [5.74, 6) is 0.636. The normalized spacial score (nSPS) is 14.7. The topological polar surface area (TPSA) is 126 Å². The van der Waals surface area contributed by atoms with Crippen LogP contribution in [0.4, 0.5) is 16.4 Å². The monoisotopic (exact) mass is 738 g/mol. The number of carbonyl (C=O) groups is 1. The highest BCUT2D eigenvalue weighted by Gasteiger charge is 2.34. The molecule has 1 amide bonds. The van der Waals surface area contributed by atoms with Crippen molar-refractivity contribution in [2.45, 2.75) is 50.1 Å². The van der Waals surface area contributed by atoms with Crippen molar-refractivity contribution in [3.8, 4) is 11.4 Å². The molecule has 2 N–H and O–H groups in total. The van der Waals surface area contributed by atoms with Crippen molar-refractivity contribution in [3.05, 3.63) is 107 Å². The number of amides is 1. The predicted molar refractivity (Wildman–Crippen MR) is 195 cm³/mol. The summed E-state index contributed by atoms with van der Waals surface area (Å²) >= 11 is 20.9. The van der Waals surface area contributed by atoms with Crippen LogP contribution in [0.25, 0.3) is 11.4 Å². The summed E-state index contributed by atoms with van der Waals surface area (Å²) in [5, 5.41) is 24.5. The third-order valence-electron chi connectivity index (χ3n) is 8.16. The van der Waals surface area contributed by atoms with Crippen LogP contribution in [0, 0.1) is 21.4 Å². The molecule has 2 aromatic heterocycles. The Kier molecular flexibility index (Phi) is 9.96. The van der Waals surface area contributed by atoms with Crippen molar-refractivity contribution in [2.75, 3.05) is 5.32 Å². The zero-order valence-electron chi connectivity index (χ0n) is 26.0. The van der Waals surface area contributed by atoms with Gasteiger partial charge < -0.3 is 5.32 Å². The summed E-state index contributed by atoms with van der Waals surface area (Å²) in [7, 11) is 0. The van der Waals surface area contributed by atoms with Gasteiger partial charge in [0.15, 0.2) is 5.82 Å². The first-order chi connectivity index (χ1) is 22.9. The zero-order valence-corrected chi connectivity index (χ0v) is 29.9. The van der Waals surface area contributed by atoms with E-state index in [1.54, 1.807) is 60.8 Å². The lowest BCUT2D eigenvalue weighted by molar-refractivity contribution is -0.387. The van der Waals surface area contributed by atoms with E-state index in [9.17, 15) is 14.9 Å². The van der Waals surface area contributed by atoms with Gasteiger partial charge in [-0.15, -0.1) is 16.4 Å². The number of aliphatic imine (C=N–C) groups is 1. The molecule has 5 aromatic rings. The fourth-order valence-electron chi connectivity index (χ4n) is 5.53. The number of nitro benzene ring substituents is 1. The number of aromatic nitrogens is 3. The number of benzene rings is 3. The smallest absolute Gasteiger partial charge is 0.283 e. The lowest BCUT2D eigenvalue weighted by atomic mass is 9.72. The molecule has 0 spiro atoms. The summed E-state index contributed by atoms with van der Waals surface area (Å²) in [6.07, 6.45) is 4.18. The third kappa shape index (κ3) is 7.61. The first-order valence-electron chi connectivity index (χ1n) is 15.0. The summed E-state index contributed by atoms with van der Waals surface area (Å²) in [5.41, 5.74) is 3.30. The highest BCUT2D eigenvalue weighted by Crippen LogP contribution is 2.45. The van der Waals surface area contributed by atoms with Crippen LogP contribution in [-0.2, 0) is 12.8 Å². The van der Waals surface area contributed by atoms with E-state index in [1.807, 2.05) is 0 Å². The van der Waals surface area contributed by atoms with E-state index < -0.39 is 4.92 Å². The Bertz CT molecular complexity index is 2050. The van der Waals surface area contributed by atoms with Crippen molar-refractivity contribution in [2.24, 2.45) is 16.3 Å². The van der Waals surface area contributed by atoms with Gasteiger partial charge >= 0.3 is 0 Å². The Morgan fingerprint density at radius 3 is 2.56 bits per heavy atom. The van der Waals surface area contributed by atoms with E-state index in [-0.39, 0.29) is 22.2 Å². The van der Waals surface area contributed by atoms with Crippen molar-refractivity contribution in [1.29, 1.82) is 0 Å². The number of nitro groups is 1. The molecule has 0 saturated carbocycles. The molecule has 3 aromatic carbocycles. The number of rotatable bonds is 8. The Labute approximate surface area is 300 Å². The Morgan fingerprint density at radius 1 is 1.10 bits per heavy atom. The molecule has 0 saturated heterocycles. The summed E-state index contributed by atoms with van der Waals surface area (Å²) in [6.45, 7) is 6.73. The van der Waals surface area contributed by atoms with E-state index >= 15 is 0 Å². The number of fused-ring (bicyclic) bond motifs is 1. The maximum absolute atomic E-state index is 13.7. The molecule has 2 heterocycles. The van der Waals surface area contributed by atoms with Crippen LogP contribution in [0.3, 0.4) is 0 Å². The van der Waals surface area contributed by atoms with Crippen LogP contribution in [0.1, 0.15) is 53.6 Å². The quantitative estimate of drug-likeness (QED) is 0.0927. The van der Waals surface area contributed by atoms with Crippen LogP contribution in [0.15, 0.2) is 75.7 Å². The molecule has 0 radical (unpaired) electrons. The van der Waals surface area contributed by atoms with Gasteiger partial charge in [0, 0.05) is 38.5 Å². The maximum Gasteiger partial charge on any atom is 0.283 e. The van der Waals surface area contributed by atoms with Crippen LogP contribution in [0.5, 0.6) is 0 Å². The molecule has 6 rings (SSSR count). The molecule has 0 unspecified atom stereocenters. The highest BCUT2D eigenvalue weighted by molar-refractivity contribution is 7.99. The number of anilines is 1.